The Bertz CT molecular complexity index is 1230. The van der Waals surface area contributed by atoms with E-state index in [1.165, 1.54) is 10.6 Å². The molecule has 3 heteroatoms. The summed E-state index contributed by atoms with van der Waals surface area (Å²) in [6, 6.07) is 41.7. The Morgan fingerprint density at radius 1 is 0.600 bits per heavy atom. The predicted octanol–water partition coefficient (Wildman–Crippen LogP) is 6.24. The van der Waals surface area contributed by atoms with Gasteiger partial charge in [-0.05, 0) is 43.5 Å². The Hall–Kier alpha value is -3.48. The van der Waals surface area contributed by atoms with Crippen LogP contribution in [0, 0.1) is 0 Å². The van der Waals surface area contributed by atoms with Crippen molar-refractivity contribution in [2.75, 3.05) is 13.1 Å². The molecule has 4 aromatic rings. The van der Waals surface area contributed by atoms with E-state index in [1.54, 1.807) is 0 Å². The second-order valence-corrected chi connectivity index (χ2v) is 10.8. The van der Waals surface area contributed by atoms with Gasteiger partial charge in [0.05, 0.1) is 5.31 Å². The summed E-state index contributed by atoms with van der Waals surface area (Å²) in [6.07, 6.45) is 0. The number of carbonyl (C=O) groups excluding carboxylic acids is 1. The van der Waals surface area contributed by atoms with Crippen molar-refractivity contribution in [3.63, 3.8) is 0 Å². The molecule has 0 spiro atoms. The highest BCUT2D eigenvalue weighted by atomic mass is 31.1. The molecule has 174 valence electrons. The largest absolute Gasteiger partial charge is 0.373 e. The number of likely N-dealkylation sites (N-methyl/N-ethyl adjacent to an activating group) is 1. The topological polar surface area (TPSA) is 20.3 Å². The van der Waals surface area contributed by atoms with Crippen molar-refractivity contribution >= 4 is 24.3 Å². The smallest absolute Gasteiger partial charge is 0.186 e. The van der Waals surface area contributed by atoms with E-state index in [0.29, 0.717) is 0 Å². The molecule has 0 aliphatic heterocycles. The number of rotatable bonds is 8. The highest BCUT2D eigenvalue weighted by molar-refractivity contribution is 7.78. The molecule has 4 aromatic carbocycles. The molecule has 0 radical (unpaired) electrons. The quantitative estimate of drug-likeness (QED) is 0.281. The molecular formula is C32H30NOP. The molecule has 5 rings (SSSR count). The molecule has 0 unspecified atom stereocenters. The fraction of sp³-hybridized carbons (Fsp3) is 0.156. The lowest BCUT2D eigenvalue weighted by atomic mass is 9.61. The summed E-state index contributed by atoms with van der Waals surface area (Å²) in [5, 5.41) is 3.38. The average Bonchev–Trinajstić information content (AvgIpc) is 2.94. The first-order chi connectivity index (χ1) is 17.2. The standard InChI is InChI=1S/C32H30NOP/c1-3-33(4-2)30-29(35(27-21-13-7-14-22-27)28-23-15-8-16-24-28)31(34)32(30,25-17-9-5-10-18-25)26-19-11-6-12-20-26/h5-24H,3-4H2,1-2H3. The monoisotopic (exact) mass is 475 g/mol. The molecule has 0 amide bonds. The Balaban J connectivity index is 1.85. The highest BCUT2D eigenvalue weighted by Gasteiger charge is 2.59. The Labute approximate surface area is 209 Å². The van der Waals surface area contributed by atoms with Gasteiger partial charge in [0.1, 0.15) is 5.41 Å². The maximum atomic E-state index is 14.8. The predicted molar refractivity (Wildman–Crippen MR) is 148 cm³/mol. The molecule has 1 aliphatic carbocycles. The molecule has 0 saturated carbocycles. The van der Waals surface area contributed by atoms with E-state index in [0.717, 1.165) is 35.2 Å². The zero-order valence-corrected chi connectivity index (χ0v) is 21.2. The van der Waals surface area contributed by atoms with Crippen LogP contribution in [0.25, 0.3) is 0 Å². The maximum Gasteiger partial charge on any atom is 0.186 e. The van der Waals surface area contributed by atoms with Gasteiger partial charge in [-0.1, -0.05) is 121 Å². The minimum Gasteiger partial charge on any atom is -0.373 e. The van der Waals surface area contributed by atoms with Gasteiger partial charge in [-0.2, -0.15) is 0 Å². The molecule has 2 nitrogen and oxygen atoms in total. The molecule has 1 aliphatic rings. The van der Waals surface area contributed by atoms with Crippen molar-refractivity contribution in [3.8, 4) is 0 Å². The van der Waals surface area contributed by atoms with E-state index in [9.17, 15) is 4.79 Å². The molecule has 0 saturated heterocycles. The van der Waals surface area contributed by atoms with Gasteiger partial charge in [-0.15, -0.1) is 0 Å². The molecule has 0 N–H and O–H groups in total. The van der Waals surface area contributed by atoms with Crippen molar-refractivity contribution in [3.05, 3.63) is 143 Å². The fourth-order valence-corrected chi connectivity index (χ4v) is 7.93. The van der Waals surface area contributed by atoms with E-state index >= 15 is 0 Å². The normalized spacial score (nSPS) is 14.7. The van der Waals surface area contributed by atoms with Gasteiger partial charge in [-0.25, -0.2) is 0 Å². The van der Waals surface area contributed by atoms with E-state index in [1.807, 2.05) is 48.5 Å². The van der Waals surface area contributed by atoms with E-state index in [-0.39, 0.29) is 5.78 Å². The van der Waals surface area contributed by atoms with Crippen LogP contribution in [0.2, 0.25) is 0 Å². The van der Waals surface area contributed by atoms with E-state index in [4.69, 9.17) is 0 Å². The first-order valence-electron chi connectivity index (χ1n) is 12.3. The highest BCUT2D eigenvalue weighted by Crippen LogP contribution is 2.61. The minimum absolute atomic E-state index is 0.218. The summed E-state index contributed by atoms with van der Waals surface area (Å²) in [4.78, 5) is 17.2. The van der Waals surface area contributed by atoms with Gasteiger partial charge in [-0.3, -0.25) is 4.79 Å². The lowest BCUT2D eigenvalue weighted by Crippen LogP contribution is -2.55. The van der Waals surface area contributed by atoms with Crippen LogP contribution >= 0.6 is 7.92 Å². The van der Waals surface area contributed by atoms with Crippen molar-refractivity contribution in [1.29, 1.82) is 0 Å². The molecule has 0 fully saturated rings. The van der Waals surface area contributed by atoms with Crippen LogP contribution in [-0.4, -0.2) is 23.8 Å². The van der Waals surface area contributed by atoms with Gasteiger partial charge in [0.15, 0.2) is 5.78 Å². The number of nitrogens with zero attached hydrogens (tertiary/aromatic N) is 1. The molecule has 0 aromatic heterocycles. The third kappa shape index (κ3) is 3.83. The summed E-state index contributed by atoms with van der Waals surface area (Å²) in [5.41, 5.74) is 2.44. The summed E-state index contributed by atoms with van der Waals surface area (Å²) < 4.78 is 0. The number of hydrogen-bond donors (Lipinski definition) is 0. The second kappa shape index (κ2) is 10.0. The number of carbonyl (C=O) groups is 1. The number of benzene rings is 4. The molecule has 0 atom stereocenters. The van der Waals surface area contributed by atoms with Crippen LogP contribution in [0.15, 0.2) is 132 Å². The first kappa shape index (κ1) is 23.3. The number of allylic oxidation sites excluding steroid dienone is 2. The van der Waals surface area contributed by atoms with Gasteiger partial charge in [0.2, 0.25) is 0 Å². The van der Waals surface area contributed by atoms with Crippen LogP contribution in [0.5, 0.6) is 0 Å². The number of ketones is 1. The summed E-state index contributed by atoms with van der Waals surface area (Å²) in [6.45, 7) is 6.06. The van der Waals surface area contributed by atoms with Crippen molar-refractivity contribution in [1.82, 2.24) is 4.90 Å². The molecule has 0 heterocycles. The van der Waals surface area contributed by atoms with Crippen molar-refractivity contribution in [2.45, 2.75) is 19.3 Å². The summed E-state index contributed by atoms with van der Waals surface area (Å²) >= 11 is 0. The second-order valence-electron chi connectivity index (χ2n) is 8.69. The van der Waals surface area contributed by atoms with Crippen LogP contribution in [-0.2, 0) is 10.2 Å². The fourth-order valence-electron chi connectivity index (χ4n) is 5.28. The zero-order valence-electron chi connectivity index (χ0n) is 20.3. The van der Waals surface area contributed by atoms with Gasteiger partial charge < -0.3 is 4.90 Å². The number of Topliss-reactive ketones (excluding diaryl/α,β-unsaturated/α-hetero) is 1. The first-order valence-corrected chi connectivity index (χ1v) is 13.6. The lowest BCUT2D eigenvalue weighted by Gasteiger charge is -2.51. The maximum absolute atomic E-state index is 14.8. The van der Waals surface area contributed by atoms with Crippen LogP contribution in [0.1, 0.15) is 25.0 Å². The molecule has 0 bridgehead atoms. The van der Waals surface area contributed by atoms with Gasteiger partial charge in [0, 0.05) is 18.8 Å². The van der Waals surface area contributed by atoms with E-state index in [2.05, 4.69) is 91.5 Å². The third-order valence-corrected chi connectivity index (χ3v) is 9.37. The van der Waals surface area contributed by atoms with Crippen LogP contribution in [0.4, 0.5) is 0 Å². The summed E-state index contributed by atoms with van der Waals surface area (Å²) in [5.74, 6) is 0.218. The third-order valence-electron chi connectivity index (χ3n) is 6.88. The Morgan fingerprint density at radius 3 is 1.34 bits per heavy atom. The van der Waals surface area contributed by atoms with Gasteiger partial charge >= 0.3 is 0 Å². The Kier molecular flexibility index (Phi) is 6.66. The molecular weight excluding hydrogens is 445 g/mol. The zero-order chi connectivity index (χ0) is 24.3. The van der Waals surface area contributed by atoms with Crippen molar-refractivity contribution < 1.29 is 4.79 Å². The van der Waals surface area contributed by atoms with Crippen molar-refractivity contribution in [2.24, 2.45) is 0 Å². The van der Waals surface area contributed by atoms with Crippen LogP contribution < -0.4 is 10.6 Å². The van der Waals surface area contributed by atoms with Gasteiger partial charge in [0.25, 0.3) is 0 Å². The van der Waals surface area contributed by atoms with E-state index < -0.39 is 13.3 Å². The molecule has 35 heavy (non-hydrogen) atoms. The SMILES string of the molecule is CCN(CC)C1=C(P(c2ccccc2)c2ccccc2)C(=O)C1(c1ccccc1)c1ccccc1. The lowest BCUT2D eigenvalue weighted by molar-refractivity contribution is -0.121. The average molecular weight is 476 g/mol. The number of hydrogen-bond acceptors (Lipinski definition) is 2. The van der Waals surface area contributed by atoms with Crippen LogP contribution in [0.3, 0.4) is 0 Å². The summed E-state index contributed by atoms with van der Waals surface area (Å²) in [7, 11) is -0.999. The Morgan fingerprint density at radius 2 is 0.971 bits per heavy atom. The minimum atomic E-state index is -0.999.